The highest BCUT2D eigenvalue weighted by Gasteiger charge is 2.30. The molecule has 4 aromatic rings. The number of carbonyl (C=O) groups is 2. The molecule has 0 aliphatic rings. The highest BCUT2D eigenvalue weighted by atomic mass is 32.1. The number of aryl methyl sites for hydroxylation is 1. The van der Waals surface area contributed by atoms with Crippen LogP contribution < -0.4 is 25.9 Å². The van der Waals surface area contributed by atoms with Crippen molar-refractivity contribution in [2.75, 3.05) is 23.0 Å². The fourth-order valence-electron chi connectivity index (χ4n) is 7.82. The van der Waals surface area contributed by atoms with Crippen molar-refractivity contribution in [2.24, 2.45) is 11.8 Å². The summed E-state index contributed by atoms with van der Waals surface area (Å²) in [5.74, 6) is -1.23. The third-order valence-electron chi connectivity index (χ3n) is 11.4. The van der Waals surface area contributed by atoms with E-state index in [-0.39, 0.29) is 33.4 Å². The number of hydrogen-bond donors (Lipinski definition) is 1. The Morgan fingerprint density at radius 2 is 1.49 bits per heavy atom. The minimum Gasteiger partial charge on any atom is -0.492 e. The number of benzene rings is 2. The van der Waals surface area contributed by atoms with Crippen LogP contribution in [-0.2, 0) is 4.79 Å². The molecular weight excluding hydrogens is 755 g/mol. The Labute approximate surface area is 355 Å². The molecule has 0 aliphatic heterocycles. The molecule has 59 heavy (non-hydrogen) atoms. The lowest BCUT2D eigenvalue weighted by molar-refractivity contribution is -0.117. The zero-order chi connectivity index (χ0) is 43.6. The normalized spacial score (nSPS) is 12.8. The van der Waals surface area contributed by atoms with Crippen LogP contribution in [0.2, 0.25) is 0 Å². The topological polar surface area (TPSA) is 120 Å². The van der Waals surface area contributed by atoms with Crippen LogP contribution in [0.15, 0.2) is 47.3 Å². The Balaban J connectivity index is 2.17. The summed E-state index contributed by atoms with van der Waals surface area (Å²) in [6.07, 6.45) is 10.6. The number of carbonyl (C=O) groups excluding carboxylic acids is 2. The molecule has 0 aliphatic carbocycles. The standard InChI is InChI=1S/C49H65N5O4S/c1-12-16-21-36(14-3)29-52(30-37(15-4)22-17-13-2)49-51-45(44-39(31(5)6)25-33(9)26-40(44)32(7)8)43(59-49)27-41-34(10)42(28-50)48(58)54(47(41)57)53(35(11)55)46(56)38-23-19-18-20-24-38/h18-20,23-27,31-32,36-37,58H,10,12-17,21-22,29-30H2,1-9,11H3/b41-27-. The van der Waals surface area contributed by atoms with E-state index in [1.54, 1.807) is 24.3 Å². The number of thiazole rings is 1. The van der Waals surface area contributed by atoms with E-state index in [1.807, 2.05) is 6.07 Å². The molecule has 0 saturated heterocycles. The van der Waals surface area contributed by atoms with Crippen LogP contribution in [0.25, 0.3) is 23.9 Å². The molecule has 0 bridgehead atoms. The van der Waals surface area contributed by atoms with E-state index in [4.69, 9.17) is 4.98 Å². The van der Waals surface area contributed by atoms with Crippen LogP contribution in [-0.4, -0.2) is 39.7 Å². The van der Waals surface area contributed by atoms with Gasteiger partial charge < -0.3 is 10.0 Å². The van der Waals surface area contributed by atoms with Gasteiger partial charge >= 0.3 is 0 Å². The Morgan fingerprint density at radius 3 is 1.95 bits per heavy atom. The van der Waals surface area contributed by atoms with Crippen molar-refractivity contribution in [2.45, 2.75) is 132 Å². The van der Waals surface area contributed by atoms with Gasteiger partial charge in [0.25, 0.3) is 11.5 Å². The van der Waals surface area contributed by atoms with Gasteiger partial charge in [0.2, 0.25) is 11.8 Å². The Hall–Kier alpha value is -5.01. The number of imide groups is 1. The van der Waals surface area contributed by atoms with Gasteiger partial charge in [0.15, 0.2) is 5.13 Å². The molecule has 9 nitrogen and oxygen atoms in total. The lowest BCUT2D eigenvalue weighted by Gasteiger charge is -2.30. The van der Waals surface area contributed by atoms with E-state index in [9.17, 15) is 24.8 Å². The summed E-state index contributed by atoms with van der Waals surface area (Å²) >= 11 is 1.50. The van der Waals surface area contributed by atoms with Gasteiger partial charge in [-0.3, -0.25) is 14.4 Å². The van der Waals surface area contributed by atoms with Gasteiger partial charge in [0, 0.05) is 36.4 Å². The number of unbranched alkanes of at least 4 members (excludes halogenated alkanes) is 2. The van der Waals surface area contributed by atoms with Crippen LogP contribution in [0.5, 0.6) is 5.88 Å². The zero-order valence-electron chi connectivity index (χ0n) is 37.0. The third-order valence-corrected chi connectivity index (χ3v) is 12.4. The number of amides is 2. The second-order valence-corrected chi connectivity index (χ2v) is 17.6. The van der Waals surface area contributed by atoms with Crippen LogP contribution in [0.4, 0.5) is 5.13 Å². The van der Waals surface area contributed by atoms with Crippen LogP contribution in [0.3, 0.4) is 0 Å². The number of pyridine rings is 1. The smallest absolute Gasteiger partial charge is 0.280 e. The summed E-state index contributed by atoms with van der Waals surface area (Å²) < 4.78 is 0.606. The lowest BCUT2D eigenvalue weighted by Crippen LogP contribution is -2.56. The summed E-state index contributed by atoms with van der Waals surface area (Å²) in [5, 5.41) is 23.2. The molecule has 10 heteroatoms. The summed E-state index contributed by atoms with van der Waals surface area (Å²) in [4.78, 5) is 50.6. The first-order valence-electron chi connectivity index (χ1n) is 21.5. The van der Waals surface area contributed by atoms with E-state index in [0.29, 0.717) is 26.4 Å². The minimum atomic E-state index is -0.864. The van der Waals surface area contributed by atoms with Crippen LogP contribution in [0.1, 0.15) is 163 Å². The molecule has 316 valence electrons. The number of hydrogen-bond acceptors (Lipinski definition) is 8. The first kappa shape index (κ1) is 46.7. The predicted octanol–water partition coefficient (Wildman–Crippen LogP) is 9.91. The van der Waals surface area contributed by atoms with Gasteiger partial charge in [-0.25, -0.2) is 4.98 Å². The number of anilines is 1. The Kier molecular flexibility index (Phi) is 16.9. The van der Waals surface area contributed by atoms with E-state index in [2.05, 4.69) is 85.9 Å². The number of nitriles is 1. The second kappa shape index (κ2) is 21.3. The van der Waals surface area contributed by atoms with Gasteiger partial charge in [-0.1, -0.05) is 148 Å². The van der Waals surface area contributed by atoms with Crippen molar-refractivity contribution >= 4 is 40.9 Å². The summed E-state index contributed by atoms with van der Waals surface area (Å²) in [5.41, 5.74) is 4.12. The van der Waals surface area contributed by atoms with Crippen molar-refractivity contribution in [3.63, 3.8) is 0 Å². The molecule has 2 amide bonds. The van der Waals surface area contributed by atoms with Gasteiger partial charge in [-0.05, 0) is 72.8 Å². The number of nitrogens with zero attached hydrogens (tertiary/aromatic N) is 5. The number of aromatic nitrogens is 2. The monoisotopic (exact) mass is 819 g/mol. The average Bonchev–Trinajstić information content (AvgIpc) is 3.63. The molecule has 0 spiro atoms. The maximum Gasteiger partial charge on any atom is 0.280 e. The molecule has 0 radical (unpaired) electrons. The molecule has 2 heterocycles. The van der Waals surface area contributed by atoms with Crippen molar-refractivity contribution in [3.8, 4) is 23.2 Å². The first-order chi connectivity index (χ1) is 28.1. The quantitative estimate of drug-likeness (QED) is 0.100. The SMILES string of the molecule is C=c1c(C#N)c(O)n(N(C(C)=O)C(=O)c2ccccc2)c(=O)/c1=C\c1sc(N(CC(CC)CCCC)CC(CC)CCCC)nc1-c1c(C(C)C)cc(C)cc1C(C)C. The predicted molar refractivity (Wildman–Crippen MR) is 244 cm³/mol. The van der Waals surface area contributed by atoms with Crippen molar-refractivity contribution in [3.05, 3.63) is 96.0 Å². The Bertz CT molecular complexity index is 2260. The van der Waals surface area contributed by atoms with E-state index < -0.39 is 23.3 Å². The maximum absolute atomic E-state index is 14.8. The van der Waals surface area contributed by atoms with Gasteiger partial charge in [0.05, 0.1) is 15.8 Å². The molecule has 2 unspecified atom stereocenters. The van der Waals surface area contributed by atoms with Gasteiger partial charge in [0.1, 0.15) is 11.6 Å². The van der Waals surface area contributed by atoms with Crippen LogP contribution >= 0.6 is 11.3 Å². The second-order valence-electron chi connectivity index (χ2n) is 16.5. The number of rotatable bonds is 19. The van der Waals surface area contributed by atoms with E-state index >= 15 is 0 Å². The van der Waals surface area contributed by atoms with E-state index in [1.165, 1.54) is 23.5 Å². The third kappa shape index (κ3) is 10.8. The minimum absolute atomic E-state index is 0.00651. The fraction of sp³-hybridized carbons (Fsp3) is 0.490. The average molecular weight is 820 g/mol. The molecule has 0 saturated carbocycles. The molecular formula is C49H65N5O4S. The van der Waals surface area contributed by atoms with Gasteiger partial charge in [-0.2, -0.15) is 14.9 Å². The van der Waals surface area contributed by atoms with Crippen molar-refractivity contribution in [1.29, 1.82) is 5.26 Å². The fourth-order valence-corrected chi connectivity index (χ4v) is 8.86. The maximum atomic E-state index is 14.8. The largest absolute Gasteiger partial charge is 0.492 e. The van der Waals surface area contributed by atoms with E-state index in [0.717, 1.165) is 104 Å². The van der Waals surface area contributed by atoms with Crippen LogP contribution in [0, 0.1) is 30.1 Å². The summed E-state index contributed by atoms with van der Waals surface area (Å²) in [7, 11) is 0. The molecule has 4 rings (SSSR count). The zero-order valence-corrected chi connectivity index (χ0v) is 37.8. The highest BCUT2D eigenvalue weighted by molar-refractivity contribution is 7.17. The summed E-state index contributed by atoms with van der Waals surface area (Å²) in [6, 6.07) is 14.5. The molecule has 0 fully saturated rings. The number of aromatic hydroxyl groups is 1. The highest BCUT2D eigenvalue weighted by Crippen LogP contribution is 2.42. The lowest BCUT2D eigenvalue weighted by atomic mass is 9.85. The first-order valence-corrected chi connectivity index (χ1v) is 22.3. The van der Waals surface area contributed by atoms with Crippen molar-refractivity contribution in [1.82, 2.24) is 9.66 Å². The molecule has 2 aromatic heterocycles. The Morgan fingerprint density at radius 1 is 0.949 bits per heavy atom. The molecule has 2 atom stereocenters. The molecule has 1 N–H and O–H groups in total. The van der Waals surface area contributed by atoms with Gasteiger partial charge in [-0.15, -0.1) is 0 Å². The summed E-state index contributed by atoms with van der Waals surface area (Å²) in [6.45, 7) is 26.8. The molecule has 2 aromatic carbocycles. The van der Waals surface area contributed by atoms with Crippen molar-refractivity contribution < 1.29 is 14.7 Å².